The molecule has 1 saturated carbocycles. The summed E-state index contributed by atoms with van der Waals surface area (Å²) in [4.78, 5) is 0.112. The van der Waals surface area contributed by atoms with Crippen molar-refractivity contribution >= 4 is 27.5 Å². The van der Waals surface area contributed by atoms with Gasteiger partial charge in [0.05, 0.1) is 7.11 Å². The van der Waals surface area contributed by atoms with E-state index in [4.69, 9.17) is 10.5 Å². The van der Waals surface area contributed by atoms with Gasteiger partial charge in [-0.25, -0.2) is 13.1 Å². The Labute approximate surface area is 130 Å². The molecule has 1 aliphatic carbocycles. The highest BCUT2D eigenvalue weighted by Gasteiger charge is 2.30. The first-order chi connectivity index (χ1) is 9.87. The van der Waals surface area contributed by atoms with Crippen molar-refractivity contribution < 1.29 is 13.2 Å². The summed E-state index contributed by atoms with van der Waals surface area (Å²) in [7, 11) is -2.16. The largest absolute Gasteiger partial charge is 0.495 e. The molecule has 2 unspecified atom stereocenters. The molecule has 1 aliphatic rings. The fourth-order valence-electron chi connectivity index (χ4n) is 2.59. The molecular formula is C14H22N2O3S2. The first-order valence-corrected chi connectivity index (χ1v) is 9.63. The molecule has 0 saturated heterocycles. The van der Waals surface area contributed by atoms with Crippen LogP contribution in [0, 0.1) is 6.92 Å². The summed E-state index contributed by atoms with van der Waals surface area (Å²) in [5.74, 6) is 0.327. The Balaban J connectivity index is 2.26. The first kappa shape index (κ1) is 16.5. The molecule has 0 aromatic heterocycles. The van der Waals surface area contributed by atoms with E-state index in [0.717, 1.165) is 24.8 Å². The van der Waals surface area contributed by atoms with Crippen LogP contribution in [0.15, 0.2) is 17.0 Å². The standard InChI is InChI=1S/C14H22N2O3S2/c1-9-6-13(19-2)14(8-12(9)15)21(17,18)16-10-4-5-11(7-10)20-3/h6,8,10-11,16H,4-5,7,15H2,1-3H3. The van der Waals surface area contributed by atoms with Gasteiger partial charge in [0, 0.05) is 17.0 Å². The van der Waals surface area contributed by atoms with Gasteiger partial charge in [0.2, 0.25) is 10.0 Å². The molecule has 0 radical (unpaired) electrons. The summed E-state index contributed by atoms with van der Waals surface area (Å²) in [5, 5.41) is 0.530. The van der Waals surface area contributed by atoms with Gasteiger partial charge in [-0.2, -0.15) is 11.8 Å². The number of sulfonamides is 1. The number of hydrogen-bond acceptors (Lipinski definition) is 5. The van der Waals surface area contributed by atoms with Crippen molar-refractivity contribution in [2.45, 2.75) is 42.4 Å². The molecule has 0 heterocycles. The van der Waals surface area contributed by atoms with E-state index in [1.54, 1.807) is 17.8 Å². The third kappa shape index (κ3) is 3.64. The van der Waals surface area contributed by atoms with Gasteiger partial charge in [-0.05, 0) is 50.1 Å². The van der Waals surface area contributed by atoms with E-state index in [9.17, 15) is 8.42 Å². The lowest BCUT2D eigenvalue weighted by Crippen LogP contribution is -2.33. The fraction of sp³-hybridized carbons (Fsp3) is 0.571. The average molecular weight is 330 g/mol. The maximum Gasteiger partial charge on any atom is 0.244 e. The molecule has 0 amide bonds. The molecule has 0 aliphatic heterocycles. The second-order valence-corrected chi connectivity index (χ2v) is 8.17. The van der Waals surface area contributed by atoms with Gasteiger partial charge in [0.25, 0.3) is 0 Å². The van der Waals surface area contributed by atoms with Crippen LogP contribution in [0.1, 0.15) is 24.8 Å². The highest BCUT2D eigenvalue weighted by molar-refractivity contribution is 7.99. The number of anilines is 1. The van der Waals surface area contributed by atoms with E-state index in [0.29, 0.717) is 16.7 Å². The van der Waals surface area contributed by atoms with E-state index < -0.39 is 10.0 Å². The molecule has 5 nitrogen and oxygen atoms in total. The minimum atomic E-state index is -3.62. The molecule has 1 fully saturated rings. The predicted molar refractivity (Wildman–Crippen MR) is 87.4 cm³/mol. The maximum atomic E-state index is 12.6. The van der Waals surface area contributed by atoms with E-state index in [2.05, 4.69) is 11.0 Å². The normalized spacial score (nSPS) is 22.4. The van der Waals surface area contributed by atoms with Crippen molar-refractivity contribution in [3.8, 4) is 5.75 Å². The topological polar surface area (TPSA) is 81.4 Å². The second-order valence-electron chi connectivity index (χ2n) is 5.35. The van der Waals surface area contributed by atoms with Crippen LogP contribution in [-0.4, -0.2) is 33.1 Å². The fourth-order valence-corrected chi connectivity index (χ4v) is 4.86. The number of aryl methyl sites for hydroxylation is 1. The van der Waals surface area contributed by atoms with Gasteiger partial charge in [0.1, 0.15) is 10.6 Å². The lowest BCUT2D eigenvalue weighted by atomic mass is 10.2. The van der Waals surface area contributed by atoms with Crippen LogP contribution in [0.5, 0.6) is 5.75 Å². The third-order valence-electron chi connectivity index (χ3n) is 3.88. The van der Waals surface area contributed by atoms with Gasteiger partial charge in [-0.3, -0.25) is 0 Å². The number of nitrogen functional groups attached to an aromatic ring is 1. The van der Waals surface area contributed by atoms with E-state index in [1.807, 2.05) is 6.92 Å². The Morgan fingerprint density at radius 2 is 2.10 bits per heavy atom. The lowest BCUT2D eigenvalue weighted by Gasteiger charge is -2.16. The lowest BCUT2D eigenvalue weighted by molar-refractivity contribution is 0.401. The molecule has 2 atom stereocenters. The number of thioether (sulfide) groups is 1. The van der Waals surface area contributed by atoms with Crippen molar-refractivity contribution in [1.82, 2.24) is 4.72 Å². The Morgan fingerprint density at radius 3 is 2.67 bits per heavy atom. The number of rotatable bonds is 5. The van der Waals surface area contributed by atoms with Crippen LogP contribution in [0.25, 0.3) is 0 Å². The van der Waals surface area contributed by atoms with Crippen molar-refractivity contribution in [2.75, 3.05) is 19.1 Å². The smallest absolute Gasteiger partial charge is 0.244 e. The van der Waals surface area contributed by atoms with E-state index in [-0.39, 0.29) is 10.9 Å². The molecule has 3 N–H and O–H groups in total. The van der Waals surface area contributed by atoms with Crippen molar-refractivity contribution in [3.05, 3.63) is 17.7 Å². The quantitative estimate of drug-likeness (QED) is 0.809. The highest BCUT2D eigenvalue weighted by Crippen LogP contribution is 2.32. The van der Waals surface area contributed by atoms with Crippen LogP contribution in [0.2, 0.25) is 0 Å². The number of methoxy groups -OCH3 is 1. The molecule has 1 aromatic rings. The average Bonchev–Trinajstić information content (AvgIpc) is 2.88. The highest BCUT2D eigenvalue weighted by atomic mass is 32.2. The summed E-state index contributed by atoms with van der Waals surface area (Å²) in [6.45, 7) is 1.82. The van der Waals surface area contributed by atoms with Gasteiger partial charge in [-0.1, -0.05) is 0 Å². The van der Waals surface area contributed by atoms with E-state index in [1.165, 1.54) is 13.2 Å². The molecule has 21 heavy (non-hydrogen) atoms. The molecule has 0 spiro atoms. The summed E-state index contributed by atoms with van der Waals surface area (Å²) < 4.78 is 33.1. The first-order valence-electron chi connectivity index (χ1n) is 6.86. The second kappa shape index (κ2) is 6.46. The van der Waals surface area contributed by atoms with E-state index >= 15 is 0 Å². The zero-order valence-corrected chi connectivity index (χ0v) is 14.2. The summed E-state index contributed by atoms with van der Waals surface area (Å²) in [6, 6.07) is 3.11. The minimum Gasteiger partial charge on any atom is -0.495 e. The Hall–Kier alpha value is -0.920. The monoisotopic (exact) mass is 330 g/mol. The number of ether oxygens (including phenoxy) is 1. The zero-order valence-electron chi connectivity index (χ0n) is 12.5. The predicted octanol–water partition coefficient (Wildman–Crippen LogP) is 2.15. The number of nitrogens with two attached hydrogens (primary N) is 1. The van der Waals surface area contributed by atoms with Crippen molar-refractivity contribution in [1.29, 1.82) is 0 Å². The van der Waals surface area contributed by atoms with Crippen LogP contribution < -0.4 is 15.2 Å². The molecule has 118 valence electrons. The number of nitrogens with one attached hydrogen (secondary N) is 1. The number of benzene rings is 1. The molecule has 0 bridgehead atoms. The van der Waals surface area contributed by atoms with Gasteiger partial charge >= 0.3 is 0 Å². The van der Waals surface area contributed by atoms with Gasteiger partial charge < -0.3 is 10.5 Å². The van der Waals surface area contributed by atoms with Gasteiger partial charge in [0.15, 0.2) is 0 Å². The van der Waals surface area contributed by atoms with Crippen molar-refractivity contribution in [3.63, 3.8) is 0 Å². The van der Waals surface area contributed by atoms with Crippen LogP contribution in [0.4, 0.5) is 5.69 Å². The summed E-state index contributed by atoms with van der Waals surface area (Å²) >= 11 is 1.79. The Bertz CT molecular complexity index is 617. The van der Waals surface area contributed by atoms with Crippen LogP contribution in [0.3, 0.4) is 0 Å². The molecule has 2 rings (SSSR count). The Kier molecular flexibility index (Phi) is 5.06. The zero-order chi connectivity index (χ0) is 15.6. The van der Waals surface area contributed by atoms with Crippen molar-refractivity contribution in [2.24, 2.45) is 0 Å². The third-order valence-corrected chi connectivity index (χ3v) is 6.52. The molecule has 7 heteroatoms. The SMILES string of the molecule is COc1cc(C)c(N)cc1S(=O)(=O)NC1CCC(SC)C1. The summed E-state index contributed by atoms with van der Waals surface area (Å²) in [6.07, 6.45) is 4.84. The van der Waals surface area contributed by atoms with Gasteiger partial charge in [-0.15, -0.1) is 0 Å². The molecule has 1 aromatic carbocycles. The maximum absolute atomic E-state index is 12.6. The minimum absolute atomic E-state index is 0.0142. The molecular weight excluding hydrogens is 308 g/mol. The number of hydrogen-bond donors (Lipinski definition) is 2. The van der Waals surface area contributed by atoms with Crippen LogP contribution >= 0.6 is 11.8 Å². The Morgan fingerprint density at radius 1 is 1.38 bits per heavy atom. The summed E-state index contributed by atoms with van der Waals surface area (Å²) in [5.41, 5.74) is 7.09. The van der Waals surface area contributed by atoms with Crippen LogP contribution in [-0.2, 0) is 10.0 Å².